The summed E-state index contributed by atoms with van der Waals surface area (Å²) < 4.78 is 30.9. The van der Waals surface area contributed by atoms with Crippen LogP contribution in [0.2, 0.25) is 0 Å². The van der Waals surface area contributed by atoms with Crippen LogP contribution in [0.25, 0.3) is 0 Å². The summed E-state index contributed by atoms with van der Waals surface area (Å²) in [6.45, 7) is 1.01. The molecule has 8 heteroatoms. The molecule has 0 aromatic rings. The number of ether oxygens (including phenoxy) is 1. The summed E-state index contributed by atoms with van der Waals surface area (Å²) in [7, 11) is -3.44. The molecule has 1 aliphatic heterocycles. The molecule has 1 aliphatic carbocycles. The van der Waals surface area contributed by atoms with Crippen molar-refractivity contribution in [2.75, 3.05) is 32.1 Å². The van der Waals surface area contributed by atoms with Gasteiger partial charge in [0.15, 0.2) is 0 Å². The van der Waals surface area contributed by atoms with Crippen LogP contribution in [0.15, 0.2) is 0 Å². The standard InChI is InChI=1S/C11H21N3O4S/c12-4-1-7-19(16,17)14-5-6-18-8-10(14)11(15)13-9-2-3-9/h9-10H,1-8,12H2,(H,13,15). The summed E-state index contributed by atoms with van der Waals surface area (Å²) in [6, 6.07) is -0.528. The largest absolute Gasteiger partial charge is 0.378 e. The van der Waals surface area contributed by atoms with Crippen molar-refractivity contribution in [3.05, 3.63) is 0 Å². The van der Waals surface area contributed by atoms with E-state index in [-0.39, 0.29) is 30.9 Å². The second kappa shape index (κ2) is 6.17. The van der Waals surface area contributed by atoms with Crippen molar-refractivity contribution in [3.63, 3.8) is 0 Å². The zero-order valence-electron chi connectivity index (χ0n) is 10.9. The molecule has 1 saturated heterocycles. The average Bonchev–Trinajstić information content (AvgIpc) is 3.20. The topological polar surface area (TPSA) is 102 Å². The first-order valence-corrected chi connectivity index (χ1v) is 8.23. The van der Waals surface area contributed by atoms with Gasteiger partial charge in [0.05, 0.1) is 19.0 Å². The normalized spacial score (nSPS) is 25.2. The molecule has 110 valence electrons. The van der Waals surface area contributed by atoms with Crippen molar-refractivity contribution in [1.82, 2.24) is 9.62 Å². The number of rotatable bonds is 6. The Bertz CT molecular complexity index is 422. The minimum atomic E-state index is -3.44. The predicted molar refractivity (Wildman–Crippen MR) is 69.9 cm³/mol. The smallest absolute Gasteiger partial charge is 0.241 e. The molecule has 7 nitrogen and oxygen atoms in total. The zero-order valence-corrected chi connectivity index (χ0v) is 11.7. The van der Waals surface area contributed by atoms with E-state index in [0.29, 0.717) is 19.6 Å². The highest BCUT2D eigenvalue weighted by Crippen LogP contribution is 2.20. The molecule has 1 amide bonds. The van der Waals surface area contributed by atoms with Crippen molar-refractivity contribution in [2.45, 2.75) is 31.3 Å². The lowest BCUT2D eigenvalue weighted by atomic mass is 10.2. The van der Waals surface area contributed by atoms with Gasteiger partial charge in [0.2, 0.25) is 15.9 Å². The third-order valence-electron chi connectivity index (χ3n) is 3.27. The van der Waals surface area contributed by atoms with E-state index in [1.165, 1.54) is 4.31 Å². The highest BCUT2D eigenvalue weighted by atomic mass is 32.2. The summed E-state index contributed by atoms with van der Waals surface area (Å²) in [5.41, 5.74) is 5.35. The fourth-order valence-electron chi connectivity index (χ4n) is 2.04. The molecule has 19 heavy (non-hydrogen) atoms. The van der Waals surface area contributed by atoms with Gasteiger partial charge >= 0.3 is 0 Å². The van der Waals surface area contributed by atoms with Gasteiger partial charge in [-0.3, -0.25) is 4.79 Å². The number of morpholine rings is 1. The van der Waals surface area contributed by atoms with Crippen molar-refractivity contribution in [1.29, 1.82) is 0 Å². The Morgan fingerprint density at radius 3 is 2.79 bits per heavy atom. The van der Waals surface area contributed by atoms with Crippen molar-refractivity contribution < 1.29 is 17.9 Å². The van der Waals surface area contributed by atoms with E-state index < -0.39 is 16.1 Å². The third kappa shape index (κ3) is 3.88. The summed E-state index contributed by atoms with van der Waals surface area (Å²) in [5, 5.41) is 2.83. The van der Waals surface area contributed by atoms with Crippen LogP contribution in [-0.2, 0) is 19.6 Å². The van der Waals surface area contributed by atoms with E-state index in [4.69, 9.17) is 10.5 Å². The molecule has 2 aliphatic rings. The molecule has 0 aromatic carbocycles. The van der Waals surface area contributed by atoms with Gasteiger partial charge in [0, 0.05) is 12.6 Å². The number of nitrogens with one attached hydrogen (secondary N) is 1. The Morgan fingerprint density at radius 2 is 2.16 bits per heavy atom. The second-order valence-corrected chi connectivity index (χ2v) is 6.98. The molecular weight excluding hydrogens is 270 g/mol. The molecule has 3 N–H and O–H groups in total. The van der Waals surface area contributed by atoms with Crippen LogP contribution in [0.1, 0.15) is 19.3 Å². The Hall–Kier alpha value is -0.700. The first-order chi connectivity index (χ1) is 9.04. The van der Waals surface area contributed by atoms with E-state index in [9.17, 15) is 13.2 Å². The van der Waals surface area contributed by atoms with Crippen LogP contribution >= 0.6 is 0 Å². The molecule has 1 atom stereocenters. The fraction of sp³-hybridized carbons (Fsp3) is 0.909. The van der Waals surface area contributed by atoms with Crippen molar-refractivity contribution >= 4 is 15.9 Å². The Labute approximate surface area is 113 Å². The van der Waals surface area contributed by atoms with Gasteiger partial charge in [0.1, 0.15) is 6.04 Å². The number of carbonyl (C=O) groups excluding carboxylic acids is 1. The van der Waals surface area contributed by atoms with Crippen LogP contribution in [-0.4, -0.2) is 62.8 Å². The number of carbonyl (C=O) groups is 1. The van der Waals surface area contributed by atoms with Gasteiger partial charge in [-0.15, -0.1) is 0 Å². The monoisotopic (exact) mass is 291 g/mol. The number of sulfonamides is 1. The van der Waals surface area contributed by atoms with Gasteiger partial charge in [-0.05, 0) is 25.8 Å². The first kappa shape index (κ1) is 14.7. The zero-order chi connectivity index (χ0) is 13.9. The minimum absolute atomic E-state index is 0.0172. The van der Waals surface area contributed by atoms with E-state index in [2.05, 4.69) is 5.32 Å². The lowest BCUT2D eigenvalue weighted by Crippen LogP contribution is -2.56. The molecule has 0 radical (unpaired) electrons. The summed E-state index contributed by atoms with van der Waals surface area (Å²) in [5.74, 6) is -0.269. The van der Waals surface area contributed by atoms with Crippen LogP contribution < -0.4 is 11.1 Å². The van der Waals surface area contributed by atoms with Gasteiger partial charge in [-0.25, -0.2) is 8.42 Å². The molecule has 2 rings (SSSR count). The van der Waals surface area contributed by atoms with Crippen LogP contribution in [0.5, 0.6) is 0 Å². The molecule has 1 heterocycles. The summed E-state index contributed by atoms with van der Waals surface area (Å²) in [6.07, 6.45) is 2.34. The third-order valence-corrected chi connectivity index (χ3v) is 5.23. The molecule has 0 bridgehead atoms. The van der Waals surface area contributed by atoms with Crippen molar-refractivity contribution in [2.24, 2.45) is 5.73 Å². The van der Waals surface area contributed by atoms with Crippen molar-refractivity contribution in [3.8, 4) is 0 Å². The molecular formula is C11H21N3O4S. The number of hydrogen-bond donors (Lipinski definition) is 2. The van der Waals surface area contributed by atoms with Crippen LogP contribution in [0, 0.1) is 0 Å². The van der Waals surface area contributed by atoms with Gasteiger partial charge in [-0.2, -0.15) is 4.31 Å². The van der Waals surface area contributed by atoms with E-state index in [0.717, 1.165) is 12.8 Å². The van der Waals surface area contributed by atoms with E-state index in [1.54, 1.807) is 0 Å². The molecule has 2 fully saturated rings. The quantitative estimate of drug-likeness (QED) is 0.629. The van der Waals surface area contributed by atoms with Gasteiger partial charge < -0.3 is 15.8 Å². The van der Waals surface area contributed by atoms with E-state index >= 15 is 0 Å². The number of hydrogen-bond acceptors (Lipinski definition) is 5. The minimum Gasteiger partial charge on any atom is -0.378 e. The molecule has 1 saturated carbocycles. The maximum absolute atomic E-state index is 12.2. The first-order valence-electron chi connectivity index (χ1n) is 6.62. The Kier molecular flexibility index (Phi) is 4.77. The summed E-state index contributed by atoms with van der Waals surface area (Å²) >= 11 is 0. The second-order valence-electron chi connectivity index (χ2n) is 4.94. The Morgan fingerprint density at radius 1 is 1.42 bits per heavy atom. The lowest BCUT2D eigenvalue weighted by molar-refractivity contribution is -0.129. The van der Waals surface area contributed by atoms with E-state index in [1.807, 2.05) is 0 Å². The SMILES string of the molecule is NCCCS(=O)(=O)N1CCOCC1C(=O)NC1CC1. The summed E-state index contributed by atoms with van der Waals surface area (Å²) in [4.78, 5) is 12.1. The van der Waals surface area contributed by atoms with Crippen LogP contribution in [0.3, 0.4) is 0 Å². The Balaban J connectivity index is 2.03. The molecule has 0 spiro atoms. The fourth-order valence-corrected chi connectivity index (χ4v) is 3.70. The lowest BCUT2D eigenvalue weighted by Gasteiger charge is -2.33. The highest BCUT2D eigenvalue weighted by Gasteiger charge is 2.38. The van der Waals surface area contributed by atoms with Gasteiger partial charge in [0.25, 0.3) is 0 Å². The predicted octanol–water partition coefficient (Wildman–Crippen LogP) is -1.36. The number of nitrogens with zero attached hydrogens (tertiary/aromatic N) is 1. The number of amides is 1. The molecule has 0 aromatic heterocycles. The maximum atomic E-state index is 12.2. The highest BCUT2D eigenvalue weighted by molar-refractivity contribution is 7.89. The maximum Gasteiger partial charge on any atom is 0.241 e. The molecule has 1 unspecified atom stereocenters. The van der Waals surface area contributed by atoms with Gasteiger partial charge in [-0.1, -0.05) is 0 Å². The number of nitrogens with two attached hydrogens (primary N) is 1. The van der Waals surface area contributed by atoms with Crippen LogP contribution in [0.4, 0.5) is 0 Å². The average molecular weight is 291 g/mol.